The van der Waals surface area contributed by atoms with E-state index in [4.69, 9.17) is 9.84 Å². The summed E-state index contributed by atoms with van der Waals surface area (Å²) >= 11 is 1.57. The van der Waals surface area contributed by atoms with Gasteiger partial charge in [-0.25, -0.2) is 9.78 Å². The molecule has 0 aliphatic heterocycles. The molecule has 7 heteroatoms. The fourth-order valence-corrected chi connectivity index (χ4v) is 2.93. The van der Waals surface area contributed by atoms with Crippen molar-refractivity contribution < 1.29 is 19.4 Å². The molecule has 22 heavy (non-hydrogen) atoms. The van der Waals surface area contributed by atoms with Gasteiger partial charge < -0.3 is 15.2 Å². The Morgan fingerprint density at radius 1 is 1.32 bits per heavy atom. The molecule has 1 aromatic carbocycles. The Kier molecular flexibility index (Phi) is 4.06. The third kappa shape index (κ3) is 3.43. The summed E-state index contributed by atoms with van der Waals surface area (Å²) in [4.78, 5) is 28.0. The maximum absolute atomic E-state index is 12.2. The number of aliphatic carboxylic acids is 1. The zero-order valence-electron chi connectivity index (χ0n) is 11.6. The second kappa shape index (κ2) is 6.15. The summed E-state index contributed by atoms with van der Waals surface area (Å²) in [6, 6.07) is 6.33. The Morgan fingerprint density at radius 3 is 2.68 bits per heavy atom. The summed E-state index contributed by atoms with van der Waals surface area (Å²) in [5.41, 5.74) is 2.21. The molecule has 1 saturated carbocycles. The molecule has 1 aliphatic rings. The normalized spacial score (nSPS) is 13.6. The zero-order chi connectivity index (χ0) is 15.5. The van der Waals surface area contributed by atoms with Gasteiger partial charge in [-0.05, 0) is 43.0 Å². The number of rotatable bonds is 6. The summed E-state index contributed by atoms with van der Waals surface area (Å²) in [7, 11) is 0. The van der Waals surface area contributed by atoms with Crippen LogP contribution in [-0.2, 0) is 4.79 Å². The summed E-state index contributed by atoms with van der Waals surface area (Å²) in [6.07, 6.45) is 2.31. The van der Waals surface area contributed by atoms with Gasteiger partial charge in [0, 0.05) is 5.56 Å². The highest BCUT2D eigenvalue weighted by Gasteiger charge is 2.28. The maximum Gasteiger partial charge on any atom is 0.341 e. The van der Waals surface area contributed by atoms with Crippen LogP contribution < -0.4 is 10.1 Å². The standard InChI is InChI=1S/C15H14N2O4S/c18-12(19)7-21-11-5-3-10(4-6-11)15(20)17-14-13(9-1-2-9)22-8-16-14/h3-6,8-9H,1-2,7H2,(H,17,20)(H,18,19). The van der Waals surface area contributed by atoms with Gasteiger partial charge in [-0.1, -0.05) is 0 Å². The average Bonchev–Trinajstić information content (AvgIpc) is 3.25. The van der Waals surface area contributed by atoms with Crippen molar-refractivity contribution in [3.63, 3.8) is 0 Å². The van der Waals surface area contributed by atoms with Crippen molar-refractivity contribution in [2.75, 3.05) is 11.9 Å². The molecule has 0 saturated heterocycles. The van der Waals surface area contributed by atoms with Crippen molar-refractivity contribution in [2.45, 2.75) is 18.8 Å². The van der Waals surface area contributed by atoms with Gasteiger partial charge >= 0.3 is 5.97 Å². The van der Waals surface area contributed by atoms with Crippen LogP contribution in [0.4, 0.5) is 5.82 Å². The molecule has 0 unspecified atom stereocenters. The van der Waals surface area contributed by atoms with E-state index in [0.717, 1.165) is 17.7 Å². The summed E-state index contributed by atoms with van der Waals surface area (Å²) < 4.78 is 5.02. The predicted octanol–water partition coefficient (Wildman–Crippen LogP) is 2.74. The first-order valence-corrected chi connectivity index (χ1v) is 7.71. The average molecular weight is 318 g/mol. The van der Waals surface area contributed by atoms with Crippen molar-refractivity contribution in [1.29, 1.82) is 0 Å². The number of amides is 1. The smallest absolute Gasteiger partial charge is 0.341 e. The Bertz CT molecular complexity index is 692. The molecule has 1 aromatic heterocycles. The molecular weight excluding hydrogens is 304 g/mol. The number of ether oxygens (including phenoxy) is 1. The van der Waals surface area contributed by atoms with E-state index in [9.17, 15) is 9.59 Å². The minimum Gasteiger partial charge on any atom is -0.482 e. The number of anilines is 1. The number of carboxylic acid groups (broad SMARTS) is 1. The van der Waals surface area contributed by atoms with Crippen molar-refractivity contribution in [3.05, 3.63) is 40.2 Å². The fraction of sp³-hybridized carbons (Fsp3) is 0.267. The molecule has 1 fully saturated rings. The van der Waals surface area contributed by atoms with Gasteiger partial charge in [-0.15, -0.1) is 11.3 Å². The first kappa shape index (κ1) is 14.5. The fourth-order valence-electron chi connectivity index (χ4n) is 2.01. The highest BCUT2D eigenvalue weighted by Crippen LogP contribution is 2.45. The number of carboxylic acids is 1. The van der Waals surface area contributed by atoms with Crippen LogP contribution in [0.15, 0.2) is 29.8 Å². The monoisotopic (exact) mass is 318 g/mol. The highest BCUT2D eigenvalue weighted by atomic mass is 32.1. The number of nitrogens with zero attached hydrogens (tertiary/aromatic N) is 1. The van der Waals surface area contributed by atoms with Crippen molar-refractivity contribution in [2.24, 2.45) is 0 Å². The van der Waals surface area contributed by atoms with E-state index in [1.807, 2.05) is 0 Å². The van der Waals surface area contributed by atoms with Crippen LogP contribution in [0.25, 0.3) is 0 Å². The van der Waals surface area contributed by atoms with E-state index in [2.05, 4.69) is 10.3 Å². The molecule has 1 aliphatic carbocycles. The first-order valence-electron chi connectivity index (χ1n) is 6.83. The number of benzene rings is 1. The summed E-state index contributed by atoms with van der Waals surface area (Å²) in [5, 5.41) is 11.4. The van der Waals surface area contributed by atoms with Gasteiger partial charge in [-0.2, -0.15) is 0 Å². The van der Waals surface area contributed by atoms with Crippen LogP contribution >= 0.6 is 11.3 Å². The Balaban J connectivity index is 1.64. The molecule has 0 atom stereocenters. The van der Waals surface area contributed by atoms with Crippen LogP contribution in [0.1, 0.15) is 34.0 Å². The Hall–Kier alpha value is -2.41. The summed E-state index contributed by atoms with van der Waals surface area (Å²) in [6.45, 7) is -0.408. The molecule has 1 amide bonds. The lowest BCUT2D eigenvalue weighted by atomic mass is 10.2. The van der Waals surface area contributed by atoms with E-state index < -0.39 is 12.6 Å². The van der Waals surface area contributed by atoms with E-state index in [1.165, 1.54) is 0 Å². The predicted molar refractivity (Wildman–Crippen MR) is 81.6 cm³/mol. The van der Waals surface area contributed by atoms with Gasteiger partial charge in [0.25, 0.3) is 5.91 Å². The number of nitrogens with one attached hydrogen (secondary N) is 1. The topological polar surface area (TPSA) is 88.5 Å². The van der Waals surface area contributed by atoms with E-state index in [-0.39, 0.29) is 5.91 Å². The number of hydrogen-bond acceptors (Lipinski definition) is 5. The third-order valence-electron chi connectivity index (χ3n) is 3.25. The molecule has 114 valence electrons. The van der Waals surface area contributed by atoms with Crippen molar-refractivity contribution >= 4 is 29.0 Å². The lowest BCUT2D eigenvalue weighted by Gasteiger charge is -2.06. The van der Waals surface area contributed by atoms with Gasteiger partial charge in [0.2, 0.25) is 0 Å². The van der Waals surface area contributed by atoms with E-state index >= 15 is 0 Å². The van der Waals surface area contributed by atoms with Crippen LogP contribution in [0.3, 0.4) is 0 Å². The third-order valence-corrected chi connectivity index (χ3v) is 4.25. The molecular formula is C15H14N2O4S. The molecule has 0 spiro atoms. The van der Waals surface area contributed by atoms with Gasteiger partial charge in [-0.3, -0.25) is 4.79 Å². The Morgan fingerprint density at radius 2 is 2.05 bits per heavy atom. The highest BCUT2D eigenvalue weighted by molar-refractivity contribution is 7.10. The van der Waals surface area contributed by atoms with Crippen molar-refractivity contribution in [3.8, 4) is 5.75 Å². The second-order valence-electron chi connectivity index (χ2n) is 5.00. The van der Waals surface area contributed by atoms with Gasteiger partial charge in [0.1, 0.15) is 11.6 Å². The second-order valence-corrected chi connectivity index (χ2v) is 5.89. The zero-order valence-corrected chi connectivity index (χ0v) is 12.4. The van der Waals surface area contributed by atoms with Crippen molar-refractivity contribution in [1.82, 2.24) is 4.98 Å². The number of aromatic nitrogens is 1. The van der Waals surface area contributed by atoms with Crippen LogP contribution in [-0.4, -0.2) is 28.6 Å². The molecule has 1 heterocycles. The number of thiazole rings is 1. The van der Waals surface area contributed by atoms with Gasteiger partial charge in [0.05, 0.1) is 10.4 Å². The lowest BCUT2D eigenvalue weighted by Crippen LogP contribution is -2.13. The Labute approximate surface area is 130 Å². The van der Waals surface area contributed by atoms with E-state index in [1.54, 1.807) is 41.1 Å². The number of carbonyl (C=O) groups excluding carboxylic acids is 1. The lowest BCUT2D eigenvalue weighted by molar-refractivity contribution is -0.139. The van der Waals surface area contributed by atoms with Crippen LogP contribution in [0.5, 0.6) is 5.75 Å². The number of hydrogen-bond donors (Lipinski definition) is 2. The molecule has 0 radical (unpaired) electrons. The van der Waals surface area contributed by atoms with E-state index in [0.29, 0.717) is 23.0 Å². The molecule has 0 bridgehead atoms. The largest absolute Gasteiger partial charge is 0.482 e. The maximum atomic E-state index is 12.2. The van der Waals surface area contributed by atoms with Gasteiger partial charge in [0.15, 0.2) is 6.61 Å². The quantitative estimate of drug-likeness (QED) is 0.855. The van der Waals surface area contributed by atoms with Crippen LogP contribution in [0, 0.1) is 0 Å². The molecule has 2 aromatic rings. The molecule has 3 rings (SSSR count). The minimum atomic E-state index is -1.04. The summed E-state index contributed by atoms with van der Waals surface area (Å²) in [5.74, 6) is 0.306. The SMILES string of the molecule is O=C(O)COc1ccc(C(=O)Nc2ncsc2C2CC2)cc1. The van der Waals surface area contributed by atoms with Crippen LogP contribution in [0.2, 0.25) is 0 Å². The first-order chi connectivity index (χ1) is 10.6. The minimum absolute atomic E-state index is 0.238. The number of carbonyl (C=O) groups is 2. The molecule has 2 N–H and O–H groups in total. The molecule has 6 nitrogen and oxygen atoms in total.